The topological polar surface area (TPSA) is 0 Å². The average molecular weight is 243 g/mol. The van der Waals surface area contributed by atoms with Crippen molar-refractivity contribution >= 4 is 51.4 Å². The molecule has 0 aliphatic carbocycles. The van der Waals surface area contributed by atoms with Crippen LogP contribution in [0.15, 0.2) is 30.3 Å². The van der Waals surface area contributed by atoms with Crippen LogP contribution in [0.4, 0.5) is 0 Å². The van der Waals surface area contributed by atoms with Crippen molar-refractivity contribution in [3.63, 3.8) is 0 Å². The SMILES string of the molecule is CCCCCCCCCc1ccccc1.[K]. The normalized spacial score (nSPS) is 9.81. The summed E-state index contributed by atoms with van der Waals surface area (Å²) in [4.78, 5) is 0. The molecular formula is C15H24K. The fourth-order valence-corrected chi connectivity index (χ4v) is 1.93. The van der Waals surface area contributed by atoms with E-state index in [4.69, 9.17) is 0 Å². The van der Waals surface area contributed by atoms with Crippen molar-refractivity contribution < 1.29 is 0 Å². The van der Waals surface area contributed by atoms with Crippen molar-refractivity contribution in [3.8, 4) is 0 Å². The van der Waals surface area contributed by atoms with Gasteiger partial charge in [0.05, 0.1) is 0 Å². The van der Waals surface area contributed by atoms with E-state index >= 15 is 0 Å². The van der Waals surface area contributed by atoms with Crippen LogP contribution in [0.3, 0.4) is 0 Å². The molecule has 0 aliphatic heterocycles. The van der Waals surface area contributed by atoms with E-state index in [0.717, 1.165) is 0 Å². The van der Waals surface area contributed by atoms with Gasteiger partial charge in [-0.2, -0.15) is 0 Å². The number of hydrogen-bond donors (Lipinski definition) is 0. The van der Waals surface area contributed by atoms with Gasteiger partial charge in [-0.05, 0) is 18.4 Å². The summed E-state index contributed by atoms with van der Waals surface area (Å²) in [6.07, 6.45) is 11.1. The second-order valence-corrected chi connectivity index (χ2v) is 4.36. The third-order valence-electron chi connectivity index (χ3n) is 2.91. The van der Waals surface area contributed by atoms with Gasteiger partial charge in [0.25, 0.3) is 0 Å². The molecule has 0 spiro atoms. The van der Waals surface area contributed by atoms with Crippen LogP contribution in [0, 0.1) is 0 Å². The van der Waals surface area contributed by atoms with Crippen molar-refractivity contribution in [1.82, 2.24) is 0 Å². The fraction of sp³-hybridized carbons (Fsp3) is 0.600. The third kappa shape index (κ3) is 8.95. The van der Waals surface area contributed by atoms with Gasteiger partial charge in [-0.25, -0.2) is 0 Å². The summed E-state index contributed by atoms with van der Waals surface area (Å²) >= 11 is 0. The number of aryl methyl sites for hydroxylation is 1. The van der Waals surface area contributed by atoms with E-state index in [1.807, 2.05) is 0 Å². The predicted octanol–water partition coefficient (Wildman–Crippen LogP) is 4.60. The molecule has 0 N–H and O–H groups in total. The zero-order valence-electron chi connectivity index (χ0n) is 11.0. The molecule has 0 aromatic heterocycles. The van der Waals surface area contributed by atoms with Crippen LogP contribution in [0.25, 0.3) is 0 Å². The van der Waals surface area contributed by atoms with Crippen LogP contribution in [0.1, 0.15) is 57.4 Å². The smallest absolute Gasteiger partial charge is 0 e. The summed E-state index contributed by atoms with van der Waals surface area (Å²) in [7, 11) is 0. The van der Waals surface area contributed by atoms with Crippen molar-refractivity contribution in [2.45, 2.75) is 58.3 Å². The van der Waals surface area contributed by atoms with Crippen LogP contribution >= 0.6 is 0 Å². The first-order valence-corrected chi connectivity index (χ1v) is 6.47. The maximum Gasteiger partial charge on any atom is 0 e. The molecule has 85 valence electrons. The van der Waals surface area contributed by atoms with E-state index in [1.54, 1.807) is 0 Å². The van der Waals surface area contributed by atoms with Crippen LogP contribution in [0.2, 0.25) is 0 Å². The van der Waals surface area contributed by atoms with Gasteiger partial charge in [0, 0.05) is 51.4 Å². The van der Waals surface area contributed by atoms with Gasteiger partial charge in [-0.1, -0.05) is 75.8 Å². The quantitative estimate of drug-likeness (QED) is 0.462. The largest absolute Gasteiger partial charge is 0.0654 e. The summed E-state index contributed by atoms with van der Waals surface area (Å²) in [6, 6.07) is 10.8. The average Bonchev–Trinajstić information content (AvgIpc) is 2.29. The molecule has 0 bridgehead atoms. The molecular weight excluding hydrogens is 219 g/mol. The molecule has 0 nitrogen and oxygen atoms in total. The number of hydrogen-bond acceptors (Lipinski definition) is 0. The Kier molecular flexibility index (Phi) is 13.0. The molecule has 0 saturated carbocycles. The minimum atomic E-state index is 0. The van der Waals surface area contributed by atoms with E-state index in [1.165, 1.54) is 56.9 Å². The molecule has 1 rings (SSSR count). The summed E-state index contributed by atoms with van der Waals surface area (Å²) < 4.78 is 0. The Morgan fingerprint density at radius 2 is 1.31 bits per heavy atom. The molecule has 0 fully saturated rings. The van der Waals surface area contributed by atoms with Crippen LogP contribution in [0.5, 0.6) is 0 Å². The summed E-state index contributed by atoms with van der Waals surface area (Å²) in [5.74, 6) is 0. The zero-order chi connectivity index (χ0) is 10.8. The maximum absolute atomic E-state index is 2.27. The van der Waals surface area contributed by atoms with E-state index in [9.17, 15) is 0 Å². The molecule has 0 unspecified atom stereocenters. The van der Waals surface area contributed by atoms with Gasteiger partial charge in [-0.15, -0.1) is 0 Å². The zero-order valence-corrected chi connectivity index (χ0v) is 14.2. The molecule has 0 atom stereocenters. The van der Waals surface area contributed by atoms with E-state index in [-0.39, 0.29) is 51.4 Å². The first kappa shape index (κ1) is 16.9. The van der Waals surface area contributed by atoms with Crippen LogP contribution < -0.4 is 0 Å². The number of unbranched alkanes of at least 4 members (excludes halogenated alkanes) is 6. The van der Waals surface area contributed by atoms with E-state index in [2.05, 4.69) is 37.3 Å². The molecule has 0 aliphatic rings. The van der Waals surface area contributed by atoms with E-state index < -0.39 is 0 Å². The van der Waals surface area contributed by atoms with Crippen LogP contribution in [-0.2, 0) is 6.42 Å². The van der Waals surface area contributed by atoms with Gasteiger partial charge in [0.2, 0.25) is 0 Å². The minimum absolute atomic E-state index is 0. The maximum atomic E-state index is 2.27. The Bertz CT molecular complexity index is 230. The van der Waals surface area contributed by atoms with Crippen molar-refractivity contribution in [2.75, 3.05) is 0 Å². The van der Waals surface area contributed by atoms with Crippen molar-refractivity contribution in [2.24, 2.45) is 0 Å². The molecule has 0 amide bonds. The molecule has 1 radical (unpaired) electrons. The van der Waals surface area contributed by atoms with Gasteiger partial charge < -0.3 is 0 Å². The minimum Gasteiger partial charge on any atom is -0.0654 e. The Morgan fingerprint density at radius 1 is 0.750 bits per heavy atom. The van der Waals surface area contributed by atoms with Crippen molar-refractivity contribution in [3.05, 3.63) is 35.9 Å². The van der Waals surface area contributed by atoms with Gasteiger partial charge in [-0.3, -0.25) is 0 Å². The molecule has 16 heavy (non-hydrogen) atoms. The second kappa shape index (κ2) is 12.3. The van der Waals surface area contributed by atoms with Gasteiger partial charge in [0.15, 0.2) is 0 Å². The third-order valence-corrected chi connectivity index (χ3v) is 2.91. The first-order valence-electron chi connectivity index (χ1n) is 6.47. The summed E-state index contributed by atoms with van der Waals surface area (Å²) in [5.41, 5.74) is 1.49. The Hall–Kier alpha value is 0.856. The molecule has 1 aromatic carbocycles. The number of benzene rings is 1. The van der Waals surface area contributed by atoms with Gasteiger partial charge in [0.1, 0.15) is 0 Å². The summed E-state index contributed by atoms with van der Waals surface area (Å²) in [5, 5.41) is 0. The second-order valence-electron chi connectivity index (χ2n) is 4.36. The Morgan fingerprint density at radius 3 is 1.94 bits per heavy atom. The molecule has 0 heterocycles. The molecule has 1 heteroatoms. The molecule has 0 saturated heterocycles. The Balaban J connectivity index is 0.00000225. The van der Waals surface area contributed by atoms with E-state index in [0.29, 0.717) is 0 Å². The van der Waals surface area contributed by atoms with Crippen LogP contribution in [-0.4, -0.2) is 51.4 Å². The Labute approximate surface area is 144 Å². The molecule has 1 aromatic rings. The first-order chi connectivity index (χ1) is 7.43. The monoisotopic (exact) mass is 243 g/mol. The standard InChI is InChI=1S/C15H24.K/c1-2-3-4-5-6-7-9-12-15-13-10-8-11-14-15;/h8,10-11,13-14H,2-7,9,12H2,1H3;. The van der Waals surface area contributed by atoms with Gasteiger partial charge >= 0.3 is 0 Å². The predicted molar refractivity (Wildman–Crippen MR) is 73.9 cm³/mol. The number of rotatable bonds is 8. The van der Waals surface area contributed by atoms with Crippen molar-refractivity contribution in [1.29, 1.82) is 0 Å². The summed E-state index contributed by atoms with van der Waals surface area (Å²) in [6.45, 7) is 2.27. The fourth-order valence-electron chi connectivity index (χ4n) is 1.93.